The molecule has 0 radical (unpaired) electrons. The quantitative estimate of drug-likeness (QED) is 0.106. The van der Waals surface area contributed by atoms with E-state index in [0.717, 1.165) is 6.42 Å². The minimum Gasteiger partial charge on any atom is -0.465 e. The summed E-state index contributed by atoms with van der Waals surface area (Å²) in [6.45, 7) is 6.50. The Morgan fingerprint density at radius 2 is 1.69 bits per heavy atom. The summed E-state index contributed by atoms with van der Waals surface area (Å²) in [6, 6.07) is 0. The fourth-order valence-corrected chi connectivity index (χ4v) is 9.88. The van der Waals surface area contributed by atoms with E-state index in [0.29, 0.717) is 45.0 Å². The largest absolute Gasteiger partial charge is 0.465 e. The molecule has 0 aromatic heterocycles. The Balaban J connectivity index is 1.51. The number of ether oxygens (including phenoxy) is 3. The average molecular weight is 675 g/mol. The van der Waals surface area contributed by atoms with Crippen LogP contribution in [0.5, 0.6) is 0 Å². The first-order valence-corrected chi connectivity index (χ1v) is 16.5. The van der Waals surface area contributed by atoms with Gasteiger partial charge >= 0.3 is 27.5 Å². The van der Waals surface area contributed by atoms with Crippen molar-refractivity contribution in [3.05, 3.63) is 0 Å². The van der Waals surface area contributed by atoms with Crippen LogP contribution in [-0.2, 0) is 43.5 Å². The van der Waals surface area contributed by atoms with E-state index in [9.17, 15) is 49.5 Å². The van der Waals surface area contributed by atoms with Crippen molar-refractivity contribution in [1.29, 1.82) is 0 Å². The third kappa shape index (κ3) is 6.21. The summed E-state index contributed by atoms with van der Waals surface area (Å²) in [7, 11) is -6.56. The van der Waals surface area contributed by atoms with E-state index in [1.54, 1.807) is 6.92 Å². The summed E-state index contributed by atoms with van der Waals surface area (Å²) >= 11 is 0. The lowest BCUT2D eigenvalue weighted by atomic mass is 9.43. The topological polar surface area (TPSA) is 150 Å². The van der Waals surface area contributed by atoms with E-state index in [-0.39, 0.29) is 59.7 Å². The van der Waals surface area contributed by atoms with Crippen molar-refractivity contribution in [1.82, 2.24) is 0 Å². The third-order valence-corrected chi connectivity index (χ3v) is 12.6. The summed E-state index contributed by atoms with van der Waals surface area (Å²) in [5, 5.41) is -5.82. The molecule has 0 aromatic rings. The number of carbonyl (C=O) groups is 4. The normalized spacial score (nSPS) is 38.2. The monoisotopic (exact) mass is 674 g/mol. The van der Waals surface area contributed by atoms with Gasteiger partial charge in [0, 0.05) is 24.2 Å². The molecule has 16 heteroatoms. The molecule has 11 atom stereocenters. The van der Waals surface area contributed by atoms with Crippen molar-refractivity contribution in [2.24, 2.45) is 46.3 Å². The molecular weight excluding hydrogens is 635 g/mol. The van der Waals surface area contributed by atoms with Gasteiger partial charge in [0.2, 0.25) is 0 Å². The van der Waals surface area contributed by atoms with E-state index >= 15 is 0 Å². The fourth-order valence-electron chi connectivity index (χ4n) is 9.43. The molecule has 10 nitrogen and oxygen atoms in total. The Hall–Kier alpha value is -2.36. The number of carbonyl (C=O) groups excluding carboxylic acids is 4. The van der Waals surface area contributed by atoms with Crippen LogP contribution in [0, 0.1) is 46.3 Å². The fraction of sp³-hybridized carbons (Fsp3) is 0.862. The summed E-state index contributed by atoms with van der Waals surface area (Å²) in [5.74, 6) is -2.92. The highest BCUT2D eigenvalue weighted by Crippen LogP contribution is 2.67. The van der Waals surface area contributed by atoms with Crippen LogP contribution < -0.4 is 0 Å². The molecule has 4 rings (SSSR count). The highest BCUT2D eigenvalue weighted by Gasteiger charge is 2.68. The average Bonchev–Trinajstić information content (AvgIpc) is 3.29. The number of ketones is 1. The smallest absolute Gasteiger partial charge is 0.432 e. The number of alkyl halides is 5. The molecular formula is C29H39F5O10S. The van der Waals surface area contributed by atoms with Crippen LogP contribution in [0.25, 0.3) is 0 Å². The maximum Gasteiger partial charge on any atom is 0.432 e. The Kier molecular flexibility index (Phi) is 9.74. The molecule has 4 aliphatic carbocycles. The minimum absolute atomic E-state index is 0.00593. The van der Waals surface area contributed by atoms with Gasteiger partial charge < -0.3 is 14.2 Å². The number of Topliss-reactive ketones (excluding diaryl/α,β-unsaturated/α-hetero) is 1. The van der Waals surface area contributed by atoms with Crippen molar-refractivity contribution < 1.29 is 68.3 Å². The zero-order valence-electron chi connectivity index (χ0n) is 25.1. The van der Waals surface area contributed by atoms with E-state index in [1.807, 2.05) is 6.92 Å². The Bertz CT molecular complexity index is 1270. The van der Waals surface area contributed by atoms with Crippen molar-refractivity contribution >= 4 is 34.8 Å². The van der Waals surface area contributed by atoms with Gasteiger partial charge in [0.05, 0.1) is 0 Å². The number of hydrogen-bond donors (Lipinski definition) is 1. The lowest BCUT2D eigenvalue weighted by Crippen LogP contribution is -2.61. The van der Waals surface area contributed by atoms with Crippen LogP contribution in [0.4, 0.5) is 22.0 Å². The lowest BCUT2D eigenvalue weighted by molar-refractivity contribution is -0.259. The van der Waals surface area contributed by atoms with Crippen molar-refractivity contribution in [3.63, 3.8) is 0 Å². The number of fused-ring (bicyclic) bond motifs is 5. The van der Waals surface area contributed by atoms with Crippen molar-refractivity contribution in [2.75, 3.05) is 0 Å². The first-order chi connectivity index (χ1) is 20.7. The van der Waals surface area contributed by atoms with E-state index in [1.165, 1.54) is 0 Å². The molecule has 0 spiro atoms. The lowest BCUT2D eigenvalue weighted by Gasteiger charge is -2.62. The number of hydrogen-bond acceptors (Lipinski definition) is 9. The van der Waals surface area contributed by atoms with Gasteiger partial charge in [-0.1, -0.05) is 20.8 Å². The highest BCUT2D eigenvalue weighted by molar-refractivity contribution is 7.86. The van der Waals surface area contributed by atoms with Gasteiger partial charge in [0.1, 0.15) is 18.0 Å². The number of esters is 1. The van der Waals surface area contributed by atoms with Gasteiger partial charge in [0.15, 0.2) is 0 Å². The second kappa shape index (κ2) is 12.3. The zero-order chi connectivity index (χ0) is 33.8. The first-order valence-electron chi connectivity index (χ1n) is 15.1. The predicted octanol–water partition coefficient (Wildman–Crippen LogP) is 4.89. The van der Waals surface area contributed by atoms with E-state index in [2.05, 4.69) is 11.7 Å². The predicted molar refractivity (Wildman–Crippen MR) is 144 cm³/mol. The van der Waals surface area contributed by atoms with Crippen LogP contribution in [-0.4, -0.2) is 67.4 Å². The van der Waals surface area contributed by atoms with Gasteiger partial charge in [-0.05, 0) is 80.0 Å². The summed E-state index contributed by atoms with van der Waals surface area (Å²) < 4.78 is 113. The maximum atomic E-state index is 14.1. The Labute approximate surface area is 257 Å². The van der Waals surface area contributed by atoms with Crippen LogP contribution in [0.2, 0.25) is 0 Å². The van der Waals surface area contributed by atoms with Crippen LogP contribution in [0.1, 0.15) is 78.6 Å². The highest BCUT2D eigenvalue weighted by atomic mass is 32.2. The Morgan fingerprint density at radius 1 is 1.04 bits per heavy atom. The molecule has 4 aliphatic rings. The molecule has 0 aliphatic heterocycles. The van der Waals surface area contributed by atoms with Gasteiger partial charge in [-0.25, -0.2) is 0 Å². The van der Waals surface area contributed by atoms with Crippen LogP contribution >= 0.6 is 0 Å². The molecule has 2 unspecified atom stereocenters. The van der Waals surface area contributed by atoms with Gasteiger partial charge in [-0.3, -0.25) is 23.7 Å². The molecule has 0 bridgehead atoms. The number of halogens is 5. The molecule has 0 saturated heterocycles. The molecule has 1 N–H and O–H groups in total. The molecule has 0 aromatic carbocycles. The Morgan fingerprint density at radius 3 is 2.27 bits per heavy atom. The maximum absolute atomic E-state index is 14.1. The third-order valence-electron chi connectivity index (χ3n) is 11.7. The first kappa shape index (κ1) is 35.5. The molecule has 0 heterocycles. The molecule has 256 valence electrons. The van der Waals surface area contributed by atoms with Crippen molar-refractivity contribution in [2.45, 2.75) is 108 Å². The van der Waals surface area contributed by atoms with E-state index in [4.69, 9.17) is 14.0 Å². The molecule has 45 heavy (non-hydrogen) atoms. The molecule has 4 saturated carbocycles. The van der Waals surface area contributed by atoms with Gasteiger partial charge in [0.25, 0.3) is 19.0 Å². The van der Waals surface area contributed by atoms with E-state index < -0.39 is 57.5 Å². The van der Waals surface area contributed by atoms with Crippen LogP contribution in [0.3, 0.4) is 0 Å². The minimum atomic E-state index is -6.56. The second-order valence-corrected chi connectivity index (χ2v) is 15.2. The summed E-state index contributed by atoms with van der Waals surface area (Å²) in [5.41, 5.74) is -1.18. The zero-order valence-corrected chi connectivity index (χ0v) is 26.0. The summed E-state index contributed by atoms with van der Waals surface area (Å²) in [4.78, 5) is 48.9. The van der Waals surface area contributed by atoms with Gasteiger partial charge in [-0.15, -0.1) is 0 Å². The van der Waals surface area contributed by atoms with Crippen LogP contribution in [0.15, 0.2) is 0 Å². The second-order valence-electron chi connectivity index (χ2n) is 13.7. The van der Waals surface area contributed by atoms with Gasteiger partial charge in [-0.2, -0.15) is 30.4 Å². The standard InChI is InChI=1S/C29H39F5O10S/c1-15(4-7-23(38)44-25(28(30,31)32)29(33,34)45(39,40)41)18-5-6-19-24-20(12-22(37)27(18,19)3)26(2)9-8-17(42-13-35)10-16(26)11-21(24)43-14-36/h13-21,24-25H,4-12H2,1-3H3,(H,39,40,41)/t15-,16?,17-,18-,19+,20+,21-,24+,25?,26+,27-/m1/s1. The molecule has 4 fully saturated rings. The number of rotatable bonds is 11. The SMILES string of the molecule is C[C@H](CCC(=O)OC(C(F)(F)F)C(F)(F)S(=O)(=O)O)[C@H]1CC[C@H]2[C@@H]3[C@H](OC=O)CC4C[C@H](OC=O)CC[C@]4(C)[C@H]3CC(=O)[C@]12C. The molecule has 0 amide bonds. The summed E-state index contributed by atoms with van der Waals surface area (Å²) in [6.07, 6.45) is -8.21. The van der Waals surface area contributed by atoms with Crippen molar-refractivity contribution in [3.8, 4) is 0 Å².